The van der Waals surface area contributed by atoms with E-state index in [0.717, 1.165) is 25.3 Å². The van der Waals surface area contributed by atoms with Gasteiger partial charge in [0.1, 0.15) is 5.75 Å². The van der Waals surface area contributed by atoms with Gasteiger partial charge in [0.2, 0.25) is 0 Å². The molecule has 94 valence electrons. The topological polar surface area (TPSA) is 38.5 Å². The molecule has 1 atom stereocenters. The number of methoxy groups -OCH3 is 1. The predicted molar refractivity (Wildman–Crippen MR) is 70.3 cm³/mol. The van der Waals surface area contributed by atoms with Crippen LogP contribution >= 0.6 is 0 Å². The Bertz CT molecular complexity index is 344. The lowest BCUT2D eigenvalue weighted by Gasteiger charge is -2.41. The van der Waals surface area contributed by atoms with Crippen LogP contribution in [-0.4, -0.2) is 37.2 Å². The van der Waals surface area contributed by atoms with E-state index in [1.54, 1.807) is 7.11 Å². The van der Waals surface area contributed by atoms with E-state index in [1.807, 2.05) is 12.1 Å². The van der Waals surface area contributed by atoms with Crippen LogP contribution in [-0.2, 0) is 6.42 Å². The molecular formula is C14H22N2O. The van der Waals surface area contributed by atoms with Crippen LogP contribution in [0.25, 0.3) is 0 Å². The smallest absolute Gasteiger partial charge is 0.118 e. The average molecular weight is 234 g/mol. The van der Waals surface area contributed by atoms with E-state index in [9.17, 15) is 0 Å². The first-order valence-electron chi connectivity index (χ1n) is 6.31. The molecule has 1 fully saturated rings. The fourth-order valence-electron chi connectivity index (χ4n) is 2.26. The normalized spacial score (nSPS) is 18.8. The third-order valence-corrected chi connectivity index (χ3v) is 3.57. The highest BCUT2D eigenvalue weighted by Gasteiger charge is 2.26. The summed E-state index contributed by atoms with van der Waals surface area (Å²) in [6.07, 6.45) is 2.32. The molecule has 1 aliphatic heterocycles. The summed E-state index contributed by atoms with van der Waals surface area (Å²) in [6, 6.07) is 9.38. The maximum Gasteiger partial charge on any atom is 0.118 e. The molecule has 1 unspecified atom stereocenters. The molecule has 2 rings (SSSR count). The molecule has 1 aromatic rings. The Labute approximate surface area is 104 Å². The number of hydrogen-bond donors (Lipinski definition) is 1. The largest absolute Gasteiger partial charge is 0.497 e. The summed E-state index contributed by atoms with van der Waals surface area (Å²) in [5.74, 6) is 0.926. The summed E-state index contributed by atoms with van der Waals surface area (Å²) in [6.45, 7) is 4.41. The highest BCUT2D eigenvalue weighted by Crippen LogP contribution is 2.17. The minimum Gasteiger partial charge on any atom is -0.497 e. The maximum absolute atomic E-state index is 5.79. The van der Waals surface area contributed by atoms with Crippen molar-refractivity contribution in [3.05, 3.63) is 29.8 Å². The molecule has 0 radical (unpaired) electrons. The maximum atomic E-state index is 5.79. The molecule has 0 amide bonds. The van der Waals surface area contributed by atoms with Gasteiger partial charge in [-0.05, 0) is 37.5 Å². The summed E-state index contributed by atoms with van der Waals surface area (Å²) in [5.41, 5.74) is 7.17. The summed E-state index contributed by atoms with van der Waals surface area (Å²) in [7, 11) is 1.70. The van der Waals surface area contributed by atoms with E-state index in [-0.39, 0.29) is 0 Å². The molecule has 17 heavy (non-hydrogen) atoms. The third kappa shape index (κ3) is 3.20. The first-order chi connectivity index (χ1) is 8.19. The van der Waals surface area contributed by atoms with Gasteiger partial charge in [-0.15, -0.1) is 0 Å². The zero-order chi connectivity index (χ0) is 12.3. The summed E-state index contributed by atoms with van der Waals surface area (Å²) < 4.78 is 5.15. The van der Waals surface area contributed by atoms with E-state index in [0.29, 0.717) is 12.1 Å². The first kappa shape index (κ1) is 12.4. The molecule has 1 saturated heterocycles. The highest BCUT2D eigenvalue weighted by atomic mass is 16.5. The van der Waals surface area contributed by atoms with Crippen LogP contribution < -0.4 is 10.5 Å². The Balaban J connectivity index is 1.77. The second-order valence-corrected chi connectivity index (χ2v) is 4.95. The number of aryl methyl sites for hydroxylation is 1. The Hall–Kier alpha value is -1.06. The second-order valence-electron chi connectivity index (χ2n) is 4.95. The minimum atomic E-state index is 0.401. The van der Waals surface area contributed by atoms with Gasteiger partial charge >= 0.3 is 0 Å². The lowest BCUT2D eigenvalue weighted by Crippen LogP contribution is -2.58. The van der Waals surface area contributed by atoms with Gasteiger partial charge in [-0.25, -0.2) is 0 Å². The van der Waals surface area contributed by atoms with Gasteiger partial charge in [0.05, 0.1) is 7.11 Å². The van der Waals surface area contributed by atoms with Gasteiger partial charge in [0, 0.05) is 25.2 Å². The van der Waals surface area contributed by atoms with Crippen molar-refractivity contribution in [3.63, 3.8) is 0 Å². The van der Waals surface area contributed by atoms with Crippen LogP contribution in [0.3, 0.4) is 0 Å². The standard InChI is InChI=1S/C14H22N2O/c1-11(16-9-13(15)10-16)3-4-12-5-7-14(17-2)8-6-12/h5-8,11,13H,3-4,9-10,15H2,1-2H3. The van der Waals surface area contributed by atoms with Crippen molar-refractivity contribution in [2.75, 3.05) is 20.2 Å². The van der Waals surface area contributed by atoms with Gasteiger partial charge in [-0.2, -0.15) is 0 Å². The number of likely N-dealkylation sites (tertiary alicyclic amines) is 1. The van der Waals surface area contributed by atoms with E-state index in [2.05, 4.69) is 24.0 Å². The molecular weight excluding hydrogens is 212 g/mol. The van der Waals surface area contributed by atoms with Crippen LogP contribution in [0.5, 0.6) is 5.75 Å². The van der Waals surface area contributed by atoms with Gasteiger partial charge < -0.3 is 10.5 Å². The summed E-state index contributed by atoms with van der Waals surface area (Å²) in [4.78, 5) is 2.45. The SMILES string of the molecule is COc1ccc(CCC(C)N2CC(N)C2)cc1. The molecule has 3 heteroatoms. The van der Waals surface area contributed by atoms with Gasteiger partial charge in [0.25, 0.3) is 0 Å². The fourth-order valence-corrected chi connectivity index (χ4v) is 2.26. The van der Waals surface area contributed by atoms with Crippen LogP contribution in [0.4, 0.5) is 0 Å². The van der Waals surface area contributed by atoms with Crippen LogP contribution in [0.1, 0.15) is 18.9 Å². The van der Waals surface area contributed by atoms with Gasteiger partial charge in [-0.1, -0.05) is 12.1 Å². The summed E-state index contributed by atoms with van der Waals surface area (Å²) in [5, 5.41) is 0. The molecule has 3 nitrogen and oxygen atoms in total. The Morgan fingerprint density at radius 1 is 1.35 bits per heavy atom. The van der Waals surface area contributed by atoms with Gasteiger partial charge in [-0.3, -0.25) is 4.90 Å². The molecule has 1 aromatic carbocycles. The van der Waals surface area contributed by atoms with Crippen molar-refractivity contribution in [3.8, 4) is 5.75 Å². The van der Waals surface area contributed by atoms with Gasteiger partial charge in [0.15, 0.2) is 0 Å². The Morgan fingerprint density at radius 3 is 2.53 bits per heavy atom. The fraction of sp³-hybridized carbons (Fsp3) is 0.571. The minimum absolute atomic E-state index is 0.401. The zero-order valence-electron chi connectivity index (χ0n) is 10.7. The number of hydrogen-bond acceptors (Lipinski definition) is 3. The Kier molecular flexibility index (Phi) is 4.02. The predicted octanol–water partition coefficient (Wildman–Crippen LogP) is 1.66. The number of rotatable bonds is 5. The summed E-state index contributed by atoms with van der Waals surface area (Å²) >= 11 is 0. The third-order valence-electron chi connectivity index (χ3n) is 3.57. The lowest BCUT2D eigenvalue weighted by atomic mass is 10.0. The van der Waals surface area contributed by atoms with E-state index in [4.69, 9.17) is 10.5 Å². The molecule has 0 aromatic heterocycles. The van der Waals surface area contributed by atoms with Crippen molar-refractivity contribution in [2.45, 2.75) is 31.8 Å². The van der Waals surface area contributed by atoms with E-state index in [1.165, 1.54) is 12.0 Å². The van der Waals surface area contributed by atoms with Crippen LogP contribution in [0.15, 0.2) is 24.3 Å². The molecule has 2 N–H and O–H groups in total. The number of benzene rings is 1. The Morgan fingerprint density at radius 2 is 2.00 bits per heavy atom. The quantitative estimate of drug-likeness (QED) is 0.842. The highest BCUT2D eigenvalue weighted by molar-refractivity contribution is 5.27. The second kappa shape index (κ2) is 5.52. The van der Waals surface area contributed by atoms with E-state index < -0.39 is 0 Å². The van der Waals surface area contributed by atoms with E-state index >= 15 is 0 Å². The molecule has 0 saturated carbocycles. The molecule has 1 aliphatic rings. The molecule has 0 aliphatic carbocycles. The lowest BCUT2D eigenvalue weighted by molar-refractivity contribution is 0.0984. The molecule has 1 heterocycles. The average Bonchev–Trinajstić information content (AvgIpc) is 2.32. The van der Waals surface area contributed by atoms with Crippen molar-refractivity contribution in [1.82, 2.24) is 4.90 Å². The first-order valence-corrected chi connectivity index (χ1v) is 6.31. The molecule has 0 bridgehead atoms. The van der Waals surface area contributed by atoms with Crippen molar-refractivity contribution in [1.29, 1.82) is 0 Å². The number of ether oxygens (including phenoxy) is 1. The van der Waals surface area contributed by atoms with Crippen molar-refractivity contribution >= 4 is 0 Å². The molecule has 0 spiro atoms. The van der Waals surface area contributed by atoms with Crippen LogP contribution in [0.2, 0.25) is 0 Å². The number of nitrogens with zero attached hydrogens (tertiary/aromatic N) is 1. The van der Waals surface area contributed by atoms with Crippen molar-refractivity contribution in [2.24, 2.45) is 5.73 Å². The van der Waals surface area contributed by atoms with Crippen LogP contribution in [0, 0.1) is 0 Å². The zero-order valence-corrected chi connectivity index (χ0v) is 10.7. The van der Waals surface area contributed by atoms with Crippen molar-refractivity contribution < 1.29 is 4.74 Å². The number of nitrogens with two attached hydrogens (primary N) is 1. The monoisotopic (exact) mass is 234 g/mol.